The first-order valence-electron chi connectivity index (χ1n) is 5.52. The van der Waals surface area contributed by atoms with Crippen molar-refractivity contribution in [3.63, 3.8) is 0 Å². The fraction of sp³-hybridized carbons (Fsp3) is 0.600. The molecular weight excluding hydrogens is 256 g/mol. The standard InChI is InChI=1S/C10H16N4OS2/c1-2-4-7-9(17-14-13-7)10(15)12-6-3-5-8(11)16/h2-6H2,1H3,(H2,11,16)(H,12,15). The predicted octanol–water partition coefficient (Wildman–Crippen LogP) is 1.29. The molecule has 0 radical (unpaired) electrons. The second-order valence-electron chi connectivity index (χ2n) is 3.62. The lowest BCUT2D eigenvalue weighted by atomic mass is 10.2. The highest BCUT2D eigenvalue weighted by Gasteiger charge is 2.14. The fourth-order valence-electron chi connectivity index (χ4n) is 1.33. The van der Waals surface area contributed by atoms with Crippen LogP contribution in [0.3, 0.4) is 0 Å². The number of nitrogens with one attached hydrogen (secondary N) is 1. The summed E-state index contributed by atoms with van der Waals surface area (Å²) >= 11 is 5.89. The number of nitrogens with two attached hydrogens (primary N) is 1. The zero-order valence-corrected chi connectivity index (χ0v) is 11.4. The van der Waals surface area contributed by atoms with Crippen LogP contribution in [0, 0.1) is 0 Å². The van der Waals surface area contributed by atoms with Crippen LogP contribution >= 0.6 is 23.8 Å². The highest BCUT2D eigenvalue weighted by molar-refractivity contribution is 7.80. The van der Waals surface area contributed by atoms with Crippen molar-refractivity contribution in [1.82, 2.24) is 14.9 Å². The molecule has 5 nitrogen and oxygen atoms in total. The predicted molar refractivity (Wildman–Crippen MR) is 72.3 cm³/mol. The number of aromatic nitrogens is 2. The Bertz CT molecular complexity index is 391. The van der Waals surface area contributed by atoms with Crippen molar-refractivity contribution in [1.29, 1.82) is 0 Å². The van der Waals surface area contributed by atoms with Gasteiger partial charge in [0.05, 0.1) is 10.7 Å². The maximum Gasteiger partial charge on any atom is 0.264 e. The van der Waals surface area contributed by atoms with E-state index >= 15 is 0 Å². The molecule has 1 rings (SSSR count). The van der Waals surface area contributed by atoms with Crippen LogP contribution in [-0.2, 0) is 6.42 Å². The van der Waals surface area contributed by atoms with Crippen molar-refractivity contribution in [2.24, 2.45) is 5.73 Å². The lowest BCUT2D eigenvalue weighted by Crippen LogP contribution is -2.25. The van der Waals surface area contributed by atoms with Crippen LogP contribution < -0.4 is 11.1 Å². The normalized spacial score (nSPS) is 10.2. The van der Waals surface area contributed by atoms with Crippen molar-refractivity contribution in [2.45, 2.75) is 32.6 Å². The van der Waals surface area contributed by atoms with Gasteiger partial charge >= 0.3 is 0 Å². The maximum atomic E-state index is 11.8. The van der Waals surface area contributed by atoms with Gasteiger partial charge in [0, 0.05) is 6.54 Å². The number of nitrogens with zero attached hydrogens (tertiary/aromatic N) is 2. The van der Waals surface area contributed by atoms with Crippen LogP contribution in [0.2, 0.25) is 0 Å². The van der Waals surface area contributed by atoms with Crippen LogP contribution in [0.1, 0.15) is 41.6 Å². The Balaban J connectivity index is 2.41. The highest BCUT2D eigenvalue weighted by atomic mass is 32.1. The van der Waals surface area contributed by atoms with E-state index in [1.165, 1.54) is 0 Å². The van der Waals surface area contributed by atoms with E-state index in [0.717, 1.165) is 36.5 Å². The number of thiocarbonyl (C=S) groups is 1. The van der Waals surface area contributed by atoms with E-state index in [1.54, 1.807) is 0 Å². The molecule has 1 heterocycles. The Morgan fingerprint density at radius 3 is 3.00 bits per heavy atom. The van der Waals surface area contributed by atoms with Crippen LogP contribution in [0.15, 0.2) is 0 Å². The number of hydrogen-bond acceptors (Lipinski definition) is 5. The molecular formula is C10H16N4OS2. The minimum absolute atomic E-state index is 0.105. The van der Waals surface area contributed by atoms with E-state index < -0.39 is 0 Å². The molecule has 0 aliphatic heterocycles. The van der Waals surface area contributed by atoms with Crippen molar-refractivity contribution in [3.05, 3.63) is 10.6 Å². The smallest absolute Gasteiger partial charge is 0.264 e. The molecule has 94 valence electrons. The van der Waals surface area contributed by atoms with Crippen LogP contribution in [-0.4, -0.2) is 27.0 Å². The molecule has 0 spiro atoms. The number of amides is 1. The molecule has 0 atom stereocenters. The molecule has 3 N–H and O–H groups in total. The third kappa shape index (κ3) is 4.74. The molecule has 0 aliphatic rings. The van der Waals surface area contributed by atoms with Crippen LogP contribution in [0.5, 0.6) is 0 Å². The number of hydrogen-bond donors (Lipinski definition) is 2. The largest absolute Gasteiger partial charge is 0.393 e. The average molecular weight is 272 g/mol. The highest BCUT2D eigenvalue weighted by Crippen LogP contribution is 2.12. The molecule has 0 bridgehead atoms. The maximum absolute atomic E-state index is 11.8. The lowest BCUT2D eigenvalue weighted by Gasteiger charge is -2.03. The number of aryl methyl sites for hydroxylation is 1. The first kappa shape index (κ1) is 14.0. The Morgan fingerprint density at radius 2 is 2.35 bits per heavy atom. The molecule has 1 amide bonds. The summed E-state index contributed by atoms with van der Waals surface area (Å²) in [4.78, 5) is 12.9. The van der Waals surface area contributed by atoms with Gasteiger partial charge in [0.1, 0.15) is 4.88 Å². The Labute approximate surface area is 110 Å². The monoisotopic (exact) mass is 272 g/mol. The molecule has 0 unspecified atom stereocenters. The fourth-order valence-corrected chi connectivity index (χ4v) is 2.09. The summed E-state index contributed by atoms with van der Waals surface area (Å²) in [5.41, 5.74) is 6.15. The zero-order chi connectivity index (χ0) is 12.7. The van der Waals surface area contributed by atoms with Gasteiger partial charge < -0.3 is 11.1 Å². The van der Waals surface area contributed by atoms with Gasteiger partial charge in [-0.3, -0.25) is 4.79 Å². The first-order valence-corrected chi connectivity index (χ1v) is 6.71. The quantitative estimate of drug-likeness (QED) is 0.577. The minimum atomic E-state index is -0.105. The van der Waals surface area contributed by atoms with E-state index in [0.29, 0.717) is 22.8 Å². The second-order valence-corrected chi connectivity index (χ2v) is 4.90. The van der Waals surface area contributed by atoms with Gasteiger partial charge in [-0.2, -0.15) is 0 Å². The van der Waals surface area contributed by atoms with E-state index in [9.17, 15) is 4.79 Å². The Kier molecular flexibility index (Phi) is 5.99. The average Bonchev–Trinajstić information content (AvgIpc) is 2.72. The molecule has 0 fully saturated rings. The molecule has 17 heavy (non-hydrogen) atoms. The van der Waals surface area contributed by atoms with Gasteiger partial charge in [0.25, 0.3) is 5.91 Å². The van der Waals surface area contributed by atoms with E-state index in [4.69, 9.17) is 18.0 Å². The number of carbonyl (C=O) groups excluding carboxylic acids is 1. The first-order chi connectivity index (χ1) is 8.15. The Morgan fingerprint density at radius 1 is 1.59 bits per heavy atom. The third-order valence-corrected chi connectivity index (χ3v) is 3.11. The molecule has 0 aliphatic carbocycles. The molecule has 0 aromatic carbocycles. The summed E-state index contributed by atoms with van der Waals surface area (Å²) in [5, 5.41) is 6.77. The summed E-state index contributed by atoms with van der Waals surface area (Å²) < 4.78 is 3.81. The van der Waals surface area contributed by atoms with Crippen molar-refractivity contribution >= 4 is 34.6 Å². The van der Waals surface area contributed by atoms with Crippen LogP contribution in [0.4, 0.5) is 0 Å². The van der Waals surface area contributed by atoms with Gasteiger partial charge in [-0.05, 0) is 30.8 Å². The summed E-state index contributed by atoms with van der Waals surface area (Å²) in [6, 6.07) is 0. The van der Waals surface area contributed by atoms with Gasteiger partial charge in [-0.15, -0.1) is 5.10 Å². The summed E-state index contributed by atoms with van der Waals surface area (Å²) in [6.45, 7) is 2.61. The number of carbonyl (C=O) groups is 1. The van der Waals surface area contributed by atoms with E-state index in [1.807, 2.05) is 6.92 Å². The molecule has 0 saturated carbocycles. The summed E-state index contributed by atoms with van der Waals surface area (Å²) in [7, 11) is 0. The third-order valence-electron chi connectivity index (χ3n) is 2.13. The number of rotatable bonds is 7. The van der Waals surface area contributed by atoms with Gasteiger partial charge in [0.15, 0.2) is 0 Å². The van der Waals surface area contributed by atoms with Gasteiger partial charge in [-0.25, -0.2) is 0 Å². The van der Waals surface area contributed by atoms with Gasteiger partial charge in [0.2, 0.25) is 0 Å². The molecule has 1 aromatic heterocycles. The van der Waals surface area contributed by atoms with Crippen molar-refractivity contribution < 1.29 is 4.79 Å². The SMILES string of the molecule is CCCc1nnsc1C(=O)NCCCC(N)=S. The molecule has 1 aromatic rings. The lowest BCUT2D eigenvalue weighted by molar-refractivity contribution is 0.0956. The summed E-state index contributed by atoms with van der Waals surface area (Å²) in [6.07, 6.45) is 3.15. The van der Waals surface area contributed by atoms with E-state index in [2.05, 4.69) is 14.9 Å². The van der Waals surface area contributed by atoms with E-state index in [-0.39, 0.29) is 5.91 Å². The summed E-state index contributed by atoms with van der Waals surface area (Å²) in [5.74, 6) is -0.105. The molecule has 0 saturated heterocycles. The zero-order valence-electron chi connectivity index (χ0n) is 9.73. The topological polar surface area (TPSA) is 80.9 Å². The minimum Gasteiger partial charge on any atom is -0.393 e. The van der Waals surface area contributed by atoms with Crippen LogP contribution in [0.25, 0.3) is 0 Å². The second kappa shape index (κ2) is 7.29. The van der Waals surface area contributed by atoms with Gasteiger partial charge in [-0.1, -0.05) is 30.1 Å². The van der Waals surface area contributed by atoms with Crippen molar-refractivity contribution in [3.8, 4) is 0 Å². The molecule has 7 heteroatoms. The van der Waals surface area contributed by atoms with Crippen molar-refractivity contribution in [2.75, 3.05) is 6.54 Å². The Hall–Kier alpha value is -1.08.